The Balaban J connectivity index is 2.04. The minimum atomic E-state index is -0.234. The molecule has 0 N–H and O–H groups in total. The van der Waals surface area contributed by atoms with Crippen molar-refractivity contribution in [3.05, 3.63) is 46.3 Å². The van der Waals surface area contributed by atoms with E-state index in [1.807, 2.05) is 6.07 Å². The Labute approximate surface area is 113 Å². The molecule has 96 valence electrons. The second-order valence-electron chi connectivity index (χ2n) is 5.04. The molecule has 18 heavy (non-hydrogen) atoms. The van der Waals surface area contributed by atoms with Gasteiger partial charge in [0.15, 0.2) is 0 Å². The SMILES string of the molecule is [N-]=[N+]=NC1(CCCl)CCC(c2ccccc2)CC1. The lowest BCUT2D eigenvalue weighted by Gasteiger charge is -2.36. The summed E-state index contributed by atoms with van der Waals surface area (Å²) in [7, 11) is 0. The molecule has 1 aromatic carbocycles. The van der Waals surface area contributed by atoms with Crippen LogP contribution in [0.15, 0.2) is 35.4 Å². The van der Waals surface area contributed by atoms with Gasteiger partial charge < -0.3 is 0 Å². The van der Waals surface area contributed by atoms with E-state index in [1.54, 1.807) is 0 Å². The van der Waals surface area contributed by atoms with E-state index in [9.17, 15) is 0 Å². The minimum absolute atomic E-state index is 0.234. The van der Waals surface area contributed by atoms with E-state index in [0.717, 1.165) is 32.1 Å². The minimum Gasteiger partial charge on any atom is -0.127 e. The number of hydrogen-bond donors (Lipinski definition) is 0. The number of alkyl halides is 1. The van der Waals surface area contributed by atoms with Crippen LogP contribution in [0.4, 0.5) is 0 Å². The average molecular weight is 264 g/mol. The third kappa shape index (κ3) is 2.98. The number of hydrogen-bond acceptors (Lipinski definition) is 1. The lowest BCUT2D eigenvalue weighted by molar-refractivity contribution is 0.266. The predicted molar refractivity (Wildman–Crippen MR) is 74.9 cm³/mol. The first-order valence-electron chi connectivity index (χ1n) is 6.47. The lowest BCUT2D eigenvalue weighted by atomic mass is 9.73. The summed E-state index contributed by atoms with van der Waals surface area (Å²) in [5.74, 6) is 1.17. The number of azide groups is 1. The van der Waals surface area contributed by atoms with Gasteiger partial charge in [0, 0.05) is 16.3 Å². The molecule has 1 aromatic rings. The van der Waals surface area contributed by atoms with Gasteiger partial charge in [0.2, 0.25) is 0 Å². The third-order valence-corrected chi connectivity index (χ3v) is 4.19. The fraction of sp³-hybridized carbons (Fsp3) is 0.571. The molecule has 0 atom stereocenters. The van der Waals surface area contributed by atoms with E-state index in [0.29, 0.717) is 11.8 Å². The van der Waals surface area contributed by atoms with Gasteiger partial charge in [0.05, 0.1) is 0 Å². The van der Waals surface area contributed by atoms with Crippen LogP contribution in [-0.2, 0) is 0 Å². The zero-order valence-electron chi connectivity index (χ0n) is 10.4. The molecule has 0 amide bonds. The van der Waals surface area contributed by atoms with Crippen molar-refractivity contribution in [1.82, 2.24) is 0 Å². The Kier molecular flexibility index (Phi) is 4.51. The molecule has 0 aliphatic heterocycles. The summed E-state index contributed by atoms with van der Waals surface area (Å²) in [5, 5.41) is 4.03. The molecule has 1 aliphatic rings. The van der Waals surface area contributed by atoms with Crippen LogP contribution < -0.4 is 0 Å². The van der Waals surface area contributed by atoms with Crippen molar-refractivity contribution in [2.24, 2.45) is 5.11 Å². The number of rotatable bonds is 4. The molecule has 0 heterocycles. The summed E-state index contributed by atoms with van der Waals surface area (Å²) < 4.78 is 0. The van der Waals surface area contributed by atoms with Gasteiger partial charge in [-0.25, -0.2) is 0 Å². The van der Waals surface area contributed by atoms with E-state index in [1.165, 1.54) is 5.56 Å². The number of benzene rings is 1. The van der Waals surface area contributed by atoms with Crippen molar-refractivity contribution >= 4 is 11.6 Å². The van der Waals surface area contributed by atoms with E-state index in [2.05, 4.69) is 34.3 Å². The zero-order valence-corrected chi connectivity index (χ0v) is 11.2. The van der Waals surface area contributed by atoms with Gasteiger partial charge in [0.25, 0.3) is 0 Å². The van der Waals surface area contributed by atoms with Crippen molar-refractivity contribution in [2.75, 3.05) is 5.88 Å². The Morgan fingerprint density at radius 2 is 1.94 bits per heavy atom. The smallest absolute Gasteiger partial charge is 0.0500 e. The summed E-state index contributed by atoms with van der Waals surface area (Å²) in [6.45, 7) is 0. The normalized spacial score (nSPS) is 27.5. The second-order valence-corrected chi connectivity index (χ2v) is 5.42. The summed E-state index contributed by atoms with van der Waals surface area (Å²) >= 11 is 5.83. The van der Waals surface area contributed by atoms with Crippen LogP contribution in [0.1, 0.15) is 43.6 Å². The van der Waals surface area contributed by atoms with Crippen LogP contribution in [0.25, 0.3) is 10.4 Å². The molecular weight excluding hydrogens is 246 g/mol. The van der Waals surface area contributed by atoms with Crippen molar-refractivity contribution in [3.8, 4) is 0 Å². The molecule has 0 aromatic heterocycles. The van der Waals surface area contributed by atoms with Crippen molar-refractivity contribution in [2.45, 2.75) is 43.6 Å². The molecule has 0 radical (unpaired) electrons. The van der Waals surface area contributed by atoms with Gasteiger partial charge in [-0.05, 0) is 49.1 Å². The van der Waals surface area contributed by atoms with Gasteiger partial charge in [-0.1, -0.05) is 35.4 Å². The maximum absolute atomic E-state index is 8.71. The van der Waals surface area contributed by atoms with Crippen LogP contribution in [0.5, 0.6) is 0 Å². The highest BCUT2D eigenvalue weighted by Gasteiger charge is 2.34. The molecule has 0 saturated heterocycles. The fourth-order valence-corrected chi connectivity index (χ4v) is 3.24. The van der Waals surface area contributed by atoms with Crippen LogP contribution >= 0.6 is 11.6 Å². The lowest BCUT2D eigenvalue weighted by Crippen LogP contribution is -2.31. The van der Waals surface area contributed by atoms with Crippen LogP contribution in [0, 0.1) is 0 Å². The van der Waals surface area contributed by atoms with Gasteiger partial charge in [-0.3, -0.25) is 0 Å². The highest BCUT2D eigenvalue weighted by molar-refractivity contribution is 6.17. The molecule has 1 saturated carbocycles. The van der Waals surface area contributed by atoms with Crippen molar-refractivity contribution in [3.63, 3.8) is 0 Å². The van der Waals surface area contributed by atoms with E-state index in [4.69, 9.17) is 17.1 Å². The Morgan fingerprint density at radius 1 is 1.28 bits per heavy atom. The van der Waals surface area contributed by atoms with Crippen LogP contribution in [0.2, 0.25) is 0 Å². The van der Waals surface area contributed by atoms with E-state index in [-0.39, 0.29) is 5.54 Å². The third-order valence-electron chi connectivity index (χ3n) is 4.00. The predicted octanol–water partition coefficient (Wildman–Crippen LogP) is 5.02. The first-order valence-corrected chi connectivity index (χ1v) is 7.00. The maximum atomic E-state index is 8.71. The van der Waals surface area contributed by atoms with Gasteiger partial charge in [-0.2, -0.15) is 0 Å². The molecule has 1 fully saturated rings. The maximum Gasteiger partial charge on any atom is 0.0500 e. The highest BCUT2D eigenvalue weighted by Crippen LogP contribution is 2.42. The molecule has 1 aliphatic carbocycles. The second kappa shape index (κ2) is 6.12. The first kappa shape index (κ1) is 13.3. The summed E-state index contributed by atoms with van der Waals surface area (Å²) in [6, 6.07) is 10.6. The van der Waals surface area contributed by atoms with Gasteiger partial charge in [0.1, 0.15) is 0 Å². The molecule has 4 heteroatoms. The Bertz CT molecular complexity index is 418. The fourth-order valence-electron chi connectivity index (χ4n) is 2.88. The van der Waals surface area contributed by atoms with E-state index >= 15 is 0 Å². The topological polar surface area (TPSA) is 48.8 Å². The van der Waals surface area contributed by atoms with Crippen LogP contribution in [0.3, 0.4) is 0 Å². The molecular formula is C14H18ClN3. The molecule has 0 bridgehead atoms. The largest absolute Gasteiger partial charge is 0.127 e. The summed E-state index contributed by atoms with van der Waals surface area (Å²) in [6.07, 6.45) is 4.85. The van der Waals surface area contributed by atoms with E-state index < -0.39 is 0 Å². The number of halogens is 1. The molecule has 2 rings (SSSR count). The van der Waals surface area contributed by atoms with Crippen molar-refractivity contribution < 1.29 is 0 Å². The summed E-state index contributed by atoms with van der Waals surface area (Å²) in [4.78, 5) is 3.01. The van der Waals surface area contributed by atoms with Gasteiger partial charge >= 0.3 is 0 Å². The average Bonchev–Trinajstić information content (AvgIpc) is 2.41. The Morgan fingerprint density at radius 3 is 2.50 bits per heavy atom. The molecule has 0 spiro atoms. The standard InChI is InChI=1S/C14H18ClN3/c15-11-10-14(17-18-16)8-6-13(7-9-14)12-4-2-1-3-5-12/h1-5,13H,6-11H2. The molecule has 3 nitrogen and oxygen atoms in total. The Hall–Kier alpha value is -1.18. The monoisotopic (exact) mass is 263 g/mol. The van der Waals surface area contributed by atoms with Crippen molar-refractivity contribution in [1.29, 1.82) is 0 Å². The van der Waals surface area contributed by atoms with Gasteiger partial charge in [-0.15, -0.1) is 11.6 Å². The van der Waals surface area contributed by atoms with Crippen LogP contribution in [-0.4, -0.2) is 11.4 Å². The highest BCUT2D eigenvalue weighted by atomic mass is 35.5. The number of nitrogens with zero attached hydrogens (tertiary/aromatic N) is 3. The quantitative estimate of drug-likeness (QED) is 0.317. The zero-order chi connectivity index (χ0) is 12.8. The molecule has 0 unspecified atom stereocenters. The summed E-state index contributed by atoms with van der Waals surface area (Å²) in [5.41, 5.74) is 9.88. The first-order chi connectivity index (χ1) is 8.79.